The van der Waals surface area contributed by atoms with Crippen LogP contribution >= 0.6 is 7.82 Å². The van der Waals surface area contributed by atoms with Crippen LogP contribution < -0.4 is 0 Å². The first-order valence-corrected chi connectivity index (χ1v) is 9.34. The third-order valence-corrected chi connectivity index (χ3v) is 4.32. The van der Waals surface area contributed by atoms with E-state index in [0.717, 1.165) is 22.3 Å². The molecule has 5 nitrogen and oxygen atoms in total. The molecule has 0 fully saturated rings. The van der Waals surface area contributed by atoms with E-state index in [-0.39, 0.29) is 19.3 Å². The molecule has 25 heavy (non-hydrogen) atoms. The Balaban J connectivity index is 1.96. The molecule has 2 rings (SSSR count). The van der Waals surface area contributed by atoms with Crippen molar-refractivity contribution in [1.29, 1.82) is 0 Å². The number of phosphoric ester groups is 1. The molecule has 2 aromatic carbocycles. The van der Waals surface area contributed by atoms with Gasteiger partial charge in [-0.3, -0.25) is 9.05 Å². The molecule has 2 aromatic rings. The highest BCUT2D eigenvalue weighted by Gasteiger charge is 2.22. The van der Waals surface area contributed by atoms with E-state index in [1.165, 1.54) is 0 Å². The lowest BCUT2D eigenvalue weighted by molar-refractivity contribution is 0.116. The molecule has 0 spiro atoms. The summed E-state index contributed by atoms with van der Waals surface area (Å²) in [5.41, 5.74) is 3.27. The van der Waals surface area contributed by atoms with Gasteiger partial charge in [-0.2, -0.15) is 0 Å². The predicted molar refractivity (Wildman–Crippen MR) is 95.6 cm³/mol. The van der Waals surface area contributed by atoms with Gasteiger partial charge in [0, 0.05) is 11.1 Å². The molecule has 0 aliphatic rings. The van der Waals surface area contributed by atoms with Crippen LogP contribution in [0.5, 0.6) is 0 Å². The summed E-state index contributed by atoms with van der Waals surface area (Å²) in [6, 6.07) is 14.6. The topological polar surface area (TPSA) is 76.0 Å². The van der Waals surface area contributed by atoms with Crippen LogP contribution in [0, 0.1) is 11.8 Å². The second kappa shape index (κ2) is 8.96. The minimum absolute atomic E-state index is 0.0141. The van der Waals surface area contributed by atoms with Gasteiger partial charge < -0.3 is 10.00 Å². The molecule has 6 heteroatoms. The average molecular weight is 360 g/mol. The molecule has 0 radical (unpaired) electrons. The minimum atomic E-state index is -4.03. The Morgan fingerprint density at radius 2 is 1.44 bits per heavy atom. The number of aliphatic hydroxyl groups excluding tert-OH is 1. The van der Waals surface area contributed by atoms with Gasteiger partial charge in [-0.25, -0.2) is 4.57 Å². The summed E-state index contributed by atoms with van der Waals surface area (Å²) in [5.74, 6) is 6.08. The molecule has 2 N–H and O–H groups in total. The fourth-order valence-corrected chi connectivity index (χ4v) is 2.88. The quantitative estimate of drug-likeness (QED) is 0.608. The van der Waals surface area contributed by atoms with Crippen LogP contribution in [0.2, 0.25) is 0 Å². The second-order valence-electron chi connectivity index (χ2n) is 5.70. The van der Waals surface area contributed by atoms with Gasteiger partial charge in [0.1, 0.15) is 0 Å². The van der Waals surface area contributed by atoms with Crippen molar-refractivity contribution in [2.45, 2.75) is 33.2 Å². The zero-order valence-corrected chi connectivity index (χ0v) is 15.1. The SMILES string of the molecule is CC(C)OP(=O)(O)OCc1ccc(C#Cc2ccc(CO)cc2)cc1. The molecular formula is C19H21O5P. The predicted octanol–water partition coefficient (Wildman–Crippen LogP) is 3.62. The normalized spacial score (nSPS) is 13.2. The number of phosphoric acid groups is 1. The van der Waals surface area contributed by atoms with E-state index in [2.05, 4.69) is 11.8 Å². The zero-order valence-electron chi connectivity index (χ0n) is 14.2. The van der Waals surface area contributed by atoms with Crippen LogP contribution in [-0.2, 0) is 26.8 Å². The Bertz CT molecular complexity index is 785. The highest BCUT2D eigenvalue weighted by atomic mass is 31.2. The smallest absolute Gasteiger partial charge is 0.392 e. The van der Waals surface area contributed by atoms with Crippen LogP contribution in [-0.4, -0.2) is 16.1 Å². The van der Waals surface area contributed by atoms with Crippen molar-refractivity contribution < 1.29 is 23.6 Å². The third kappa shape index (κ3) is 6.83. The van der Waals surface area contributed by atoms with E-state index in [1.54, 1.807) is 26.0 Å². The van der Waals surface area contributed by atoms with Gasteiger partial charge in [0.2, 0.25) is 0 Å². The largest absolute Gasteiger partial charge is 0.472 e. The van der Waals surface area contributed by atoms with E-state index >= 15 is 0 Å². The Labute approximate surface area is 147 Å². The van der Waals surface area contributed by atoms with E-state index < -0.39 is 7.82 Å². The monoisotopic (exact) mass is 360 g/mol. The van der Waals surface area contributed by atoms with Crippen LogP contribution in [0.15, 0.2) is 48.5 Å². The lowest BCUT2D eigenvalue weighted by Gasteiger charge is -2.14. The van der Waals surface area contributed by atoms with Crippen molar-refractivity contribution in [2.24, 2.45) is 0 Å². The van der Waals surface area contributed by atoms with Gasteiger partial charge >= 0.3 is 7.82 Å². The van der Waals surface area contributed by atoms with Gasteiger partial charge in [-0.15, -0.1) is 0 Å². The third-order valence-electron chi connectivity index (χ3n) is 3.18. The summed E-state index contributed by atoms with van der Waals surface area (Å²) in [6.07, 6.45) is -0.389. The maximum Gasteiger partial charge on any atom is 0.472 e. The molecule has 1 unspecified atom stereocenters. The first kappa shape index (κ1) is 19.4. The lowest BCUT2D eigenvalue weighted by atomic mass is 10.1. The molecule has 0 aromatic heterocycles. The van der Waals surface area contributed by atoms with Crippen molar-refractivity contribution >= 4 is 7.82 Å². The summed E-state index contributed by atoms with van der Waals surface area (Å²) < 4.78 is 21.4. The summed E-state index contributed by atoms with van der Waals surface area (Å²) >= 11 is 0. The van der Waals surface area contributed by atoms with E-state index in [1.807, 2.05) is 36.4 Å². The molecule has 1 atom stereocenters. The summed E-state index contributed by atoms with van der Waals surface area (Å²) in [5, 5.41) is 9.01. The Kier molecular flexibility index (Phi) is 6.95. The van der Waals surface area contributed by atoms with Crippen molar-refractivity contribution in [3.05, 3.63) is 70.8 Å². The number of hydrogen-bond acceptors (Lipinski definition) is 4. The molecule has 0 saturated carbocycles. The zero-order chi connectivity index (χ0) is 18.3. The van der Waals surface area contributed by atoms with Crippen LogP contribution in [0.25, 0.3) is 0 Å². The van der Waals surface area contributed by atoms with Crippen molar-refractivity contribution in [3.8, 4) is 11.8 Å². The highest BCUT2D eigenvalue weighted by molar-refractivity contribution is 7.47. The molecule has 0 heterocycles. The van der Waals surface area contributed by atoms with Crippen LogP contribution in [0.1, 0.15) is 36.1 Å². The van der Waals surface area contributed by atoms with E-state index in [9.17, 15) is 9.46 Å². The highest BCUT2D eigenvalue weighted by Crippen LogP contribution is 2.45. The first-order valence-electron chi connectivity index (χ1n) is 7.84. The minimum Gasteiger partial charge on any atom is -0.392 e. The lowest BCUT2D eigenvalue weighted by Crippen LogP contribution is -2.02. The molecule has 0 amide bonds. The fraction of sp³-hybridized carbons (Fsp3) is 0.263. The van der Waals surface area contributed by atoms with E-state index in [0.29, 0.717) is 0 Å². The standard InChI is InChI=1S/C19H21O5P/c1-15(2)24-25(21,22)23-14-19-11-7-17(8-12-19)4-3-16-5-9-18(13-20)10-6-16/h5-12,15,20H,13-14H2,1-2H3,(H,21,22). The number of hydrogen-bond donors (Lipinski definition) is 2. The van der Waals surface area contributed by atoms with Gasteiger partial charge in [0.25, 0.3) is 0 Å². The van der Waals surface area contributed by atoms with Crippen molar-refractivity contribution in [1.82, 2.24) is 0 Å². The number of benzene rings is 2. The average Bonchev–Trinajstić information content (AvgIpc) is 2.58. The number of rotatable bonds is 6. The summed E-state index contributed by atoms with van der Waals surface area (Å²) in [7, 11) is -4.03. The van der Waals surface area contributed by atoms with E-state index in [4.69, 9.17) is 14.2 Å². The summed E-state index contributed by atoms with van der Waals surface area (Å²) in [6.45, 7) is 3.32. The van der Waals surface area contributed by atoms with Gasteiger partial charge in [0.05, 0.1) is 19.3 Å². The summed E-state index contributed by atoms with van der Waals surface area (Å²) in [4.78, 5) is 9.52. The first-order chi connectivity index (χ1) is 11.9. The maximum absolute atomic E-state index is 11.6. The van der Waals surface area contributed by atoms with Gasteiger partial charge in [0.15, 0.2) is 0 Å². The van der Waals surface area contributed by atoms with Crippen molar-refractivity contribution in [3.63, 3.8) is 0 Å². The van der Waals surface area contributed by atoms with Crippen LogP contribution in [0.4, 0.5) is 0 Å². The molecule has 0 aliphatic carbocycles. The molecule has 0 aliphatic heterocycles. The van der Waals surface area contributed by atoms with Gasteiger partial charge in [-0.05, 0) is 49.2 Å². The van der Waals surface area contributed by atoms with Crippen LogP contribution in [0.3, 0.4) is 0 Å². The van der Waals surface area contributed by atoms with Crippen molar-refractivity contribution in [2.75, 3.05) is 0 Å². The Hall–Kier alpha value is -1.93. The molecule has 0 saturated heterocycles. The fourth-order valence-electron chi connectivity index (χ4n) is 1.98. The Morgan fingerprint density at radius 1 is 0.960 bits per heavy atom. The maximum atomic E-state index is 11.6. The molecule has 0 bridgehead atoms. The van der Waals surface area contributed by atoms with Gasteiger partial charge in [-0.1, -0.05) is 36.1 Å². The second-order valence-corrected chi connectivity index (χ2v) is 7.10. The molecular weight excluding hydrogens is 339 g/mol. The molecule has 132 valence electrons. The Morgan fingerprint density at radius 3 is 1.88 bits per heavy atom. The number of aliphatic hydroxyl groups is 1.